The molecule has 25 heavy (non-hydrogen) atoms. The van der Waals surface area contributed by atoms with E-state index in [-0.39, 0.29) is 34.2 Å². The van der Waals surface area contributed by atoms with Crippen molar-refractivity contribution in [2.75, 3.05) is 26.9 Å². The average molecular weight is 393 g/mol. The summed E-state index contributed by atoms with van der Waals surface area (Å²) in [6.07, 6.45) is 1.64. The SMILES string of the molecule is CCCCNS(=O)(=O)c1ccc(OCC(=O)N[C@@H](C)COC)c(Cl)c1. The standard InChI is InChI=1S/C16H25ClN2O5S/c1-4-5-8-18-25(21,22)13-6-7-15(14(17)9-13)24-11-16(20)19-12(2)10-23-3/h6-7,9,12,18H,4-5,8,10-11H2,1-3H3,(H,19,20)/t12-/m0/s1. The minimum atomic E-state index is -3.61. The highest BCUT2D eigenvalue weighted by atomic mass is 35.5. The molecule has 1 rings (SSSR count). The lowest BCUT2D eigenvalue weighted by Gasteiger charge is -2.14. The van der Waals surface area contributed by atoms with Gasteiger partial charge in [-0.25, -0.2) is 13.1 Å². The predicted octanol–water partition coefficient (Wildman–Crippen LogP) is 1.95. The van der Waals surface area contributed by atoms with E-state index in [0.717, 1.165) is 12.8 Å². The molecule has 9 heteroatoms. The maximum absolute atomic E-state index is 12.1. The Morgan fingerprint density at radius 3 is 2.68 bits per heavy atom. The molecular formula is C16H25ClN2O5S. The molecule has 0 bridgehead atoms. The van der Waals surface area contributed by atoms with Gasteiger partial charge in [0, 0.05) is 19.7 Å². The first-order valence-electron chi connectivity index (χ1n) is 8.00. The van der Waals surface area contributed by atoms with Crippen LogP contribution >= 0.6 is 11.6 Å². The van der Waals surface area contributed by atoms with Gasteiger partial charge in [-0.1, -0.05) is 24.9 Å². The molecule has 0 radical (unpaired) electrons. The summed E-state index contributed by atoms with van der Waals surface area (Å²) >= 11 is 6.07. The van der Waals surface area contributed by atoms with E-state index in [4.69, 9.17) is 21.1 Å². The normalized spacial score (nSPS) is 12.6. The number of ether oxygens (including phenoxy) is 2. The quantitative estimate of drug-likeness (QED) is 0.561. The summed E-state index contributed by atoms with van der Waals surface area (Å²) in [5.74, 6) is -0.0812. The Labute approximate surface area is 154 Å². The van der Waals surface area contributed by atoms with E-state index < -0.39 is 10.0 Å². The summed E-state index contributed by atoms with van der Waals surface area (Å²) in [4.78, 5) is 11.8. The molecule has 1 amide bonds. The lowest BCUT2D eigenvalue weighted by atomic mass is 10.3. The van der Waals surface area contributed by atoms with Gasteiger partial charge < -0.3 is 14.8 Å². The van der Waals surface area contributed by atoms with Crippen LogP contribution in [0, 0.1) is 0 Å². The molecule has 0 aliphatic heterocycles. The largest absolute Gasteiger partial charge is 0.482 e. The van der Waals surface area contributed by atoms with Crippen molar-refractivity contribution in [3.63, 3.8) is 0 Å². The number of sulfonamides is 1. The van der Waals surface area contributed by atoms with Crippen LogP contribution in [0.2, 0.25) is 5.02 Å². The summed E-state index contributed by atoms with van der Waals surface area (Å²) < 4.78 is 37.0. The molecule has 1 aromatic rings. The molecule has 0 fully saturated rings. The Morgan fingerprint density at radius 1 is 1.36 bits per heavy atom. The zero-order valence-electron chi connectivity index (χ0n) is 14.7. The monoisotopic (exact) mass is 392 g/mol. The summed E-state index contributed by atoms with van der Waals surface area (Å²) in [6, 6.07) is 3.98. The van der Waals surface area contributed by atoms with E-state index in [1.807, 2.05) is 6.92 Å². The van der Waals surface area contributed by atoms with E-state index in [1.165, 1.54) is 18.2 Å². The lowest BCUT2D eigenvalue weighted by Crippen LogP contribution is -2.38. The molecular weight excluding hydrogens is 368 g/mol. The van der Waals surface area contributed by atoms with Gasteiger partial charge in [-0.3, -0.25) is 4.79 Å². The van der Waals surface area contributed by atoms with Crippen molar-refractivity contribution >= 4 is 27.5 Å². The second-order valence-corrected chi connectivity index (χ2v) is 7.73. The molecule has 7 nitrogen and oxygen atoms in total. The Kier molecular flexibility index (Phi) is 9.20. The highest BCUT2D eigenvalue weighted by Crippen LogP contribution is 2.27. The number of carbonyl (C=O) groups is 1. The highest BCUT2D eigenvalue weighted by molar-refractivity contribution is 7.89. The lowest BCUT2D eigenvalue weighted by molar-refractivity contribution is -0.124. The number of unbranched alkanes of at least 4 members (excludes halogenated alkanes) is 1. The number of halogens is 1. The minimum absolute atomic E-state index is 0.0547. The number of hydrogen-bond acceptors (Lipinski definition) is 5. The molecule has 0 saturated heterocycles. The maximum atomic E-state index is 12.1. The van der Waals surface area contributed by atoms with Gasteiger partial charge in [0.2, 0.25) is 10.0 Å². The van der Waals surface area contributed by atoms with Crippen LogP contribution < -0.4 is 14.8 Å². The molecule has 0 heterocycles. The van der Waals surface area contributed by atoms with Gasteiger partial charge in [-0.05, 0) is 31.5 Å². The van der Waals surface area contributed by atoms with Gasteiger partial charge in [-0.15, -0.1) is 0 Å². The van der Waals surface area contributed by atoms with Gasteiger partial charge in [0.1, 0.15) is 5.75 Å². The number of methoxy groups -OCH3 is 1. The van der Waals surface area contributed by atoms with Gasteiger partial charge in [0.25, 0.3) is 5.91 Å². The summed E-state index contributed by atoms with van der Waals surface area (Å²) in [5.41, 5.74) is 0. The topological polar surface area (TPSA) is 93.7 Å². The van der Waals surface area contributed by atoms with E-state index in [9.17, 15) is 13.2 Å². The minimum Gasteiger partial charge on any atom is -0.482 e. The van der Waals surface area contributed by atoms with Crippen molar-refractivity contribution in [2.24, 2.45) is 0 Å². The second-order valence-electron chi connectivity index (χ2n) is 5.56. The third-order valence-corrected chi connectivity index (χ3v) is 4.97. The Balaban J connectivity index is 2.65. The van der Waals surface area contributed by atoms with E-state index in [1.54, 1.807) is 14.0 Å². The fraction of sp³-hybridized carbons (Fsp3) is 0.562. The summed E-state index contributed by atoms with van der Waals surface area (Å²) in [6.45, 7) is 4.32. The molecule has 0 unspecified atom stereocenters. The van der Waals surface area contributed by atoms with Crippen molar-refractivity contribution in [3.8, 4) is 5.75 Å². The average Bonchev–Trinajstić information content (AvgIpc) is 2.54. The maximum Gasteiger partial charge on any atom is 0.258 e. The van der Waals surface area contributed by atoms with E-state index >= 15 is 0 Å². The predicted molar refractivity (Wildman–Crippen MR) is 96.5 cm³/mol. The molecule has 2 N–H and O–H groups in total. The smallest absolute Gasteiger partial charge is 0.258 e. The number of rotatable bonds is 11. The molecule has 0 aliphatic rings. The van der Waals surface area contributed by atoms with E-state index in [2.05, 4.69) is 10.0 Å². The third kappa shape index (κ3) is 7.60. The summed E-state index contributed by atoms with van der Waals surface area (Å²) in [7, 11) is -2.06. The van der Waals surface area contributed by atoms with Crippen LogP contribution in [0.25, 0.3) is 0 Å². The molecule has 1 atom stereocenters. The van der Waals surface area contributed by atoms with Crippen molar-refractivity contribution in [1.82, 2.24) is 10.0 Å². The van der Waals surface area contributed by atoms with Crippen LogP contribution in [0.1, 0.15) is 26.7 Å². The van der Waals surface area contributed by atoms with Gasteiger partial charge in [0.05, 0.1) is 16.5 Å². The number of nitrogens with one attached hydrogen (secondary N) is 2. The van der Waals surface area contributed by atoms with Gasteiger partial charge in [-0.2, -0.15) is 0 Å². The second kappa shape index (κ2) is 10.6. The highest BCUT2D eigenvalue weighted by Gasteiger charge is 2.16. The molecule has 1 aromatic carbocycles. The van der Waals surface area contributed by atoms with Crippen LogP contribution in [-0.2, 0) is 19.6 Å². The number of hydrogen-bond donors (Lipinski definition) is 2. The molecule has 0 aliphatic carbocycles. The van der Waals surface area contributed by atoms with Crippen LogP contribution in [0.4, 0.5) is 0 Å². The fourth-order valence-electron chi connectivity index (χ4n) is 1.98. The van der Waals surface area contributed by atoms with Gasteiger partial charge >= 0.3 is 0 Å². The van der Waals surface area contributed by atoms with Crippen molar-refractivity contribution in [2.45, 2.75) is 37.6 Å². The number of amides is 1. The fourth-order valence-corrected chi connectivity index (χ4v) is 3.38. The number of benzene rings is 1. The van der Waals surface area contributed by atoms with Crippen molar-refractivity contribution < 1.29 is 22.7 Å². The third-order valence-electron chi connectivity index (χ3n) is 3.22. The first kappa shape index (κ1) is 21.7. The van der Waals surface area contributed by atoms with Crippen LogP contribution in [0.5, 0.6) is 5.75 Å². The molecule has 0 aromatic heterocycles. The van der Waals surface area contributed by atoms with E-state index in [0.29, 0.717) is 13.2 Å². The zero-order chi connectivity index (χ0) is 18.9. The summed E-state index contributed by atoms with van der Waals surface area (Å²) in [5, 5.41) is 2.82. The van der Waals surface area contributed by atoms with Crippen molar-refractivity contribution in [1.29, 1.82) is 0 Å². The molecule has 0 spiro atoms. The first-order valence-corrected chi connectivity index (χ1v) is 9.86. The van der Waals surface area contributed by atoms with Crippen LogP contribution in [0.3, 0.4) is 0 Å². The van der Waals surface area contributed by atoms with Gasteiger partial charge in [0.15, 0.2) is 6.61 Å². The Morgan fingerprint density at radius 2 is 2.08 bits per heavy atom. The Hall–Kier alpha value is -1.35. The Bertz CT molecular complexity index is 666. The van der Waals surface area contributed by atoms with Crippen LogP contribution in [0.15, 0.2) is 23.1 Å². The zero-order valence-corrected chi connectivity index (χ0v) is 16.2. The first-order chi connectivity index (χ1) is 11.8. The van der Waals surface area contributed by atoms with Crippen molar-refractivity contribution in [3.05, 3.63) is 23.2 Å². The molecule has 0 saturated carbocycles. The van der Waals surface area contributed by atoms with Crippen LogP contribution in [-0.4, -0.2) is 47.2 Å². The molecule has 142 valence electrons. The number of carbonyl (C=O) groups excluding carboxylic acids is 1.